The maximum absolute atomic E-state index is 10.8. The van der Waals surface area contributed by atoms with Gasteiger partial charge in [-0.2, -0.15) is 0 Å². The van der Waals surface area contributed by atoms with Crippen LogP contribution >= 0.6 is 0 Å². The second-order valence-electron chi connectivity index (χ2n) is 3.83. The fourth-order valence-electron chi connectivity index (χ4n) is 2.15. The fraction of sp³-hybridized carbons (Fsp3) is 0.875. The first-order valence-electron chi connectivity index (χ1n) is 4.28. The van der Waals surface area contributed by atoms with Crippen LogP contribution in [0.2, 0.25) is 0 Å². The lowest BCUT2D eigenvalue weighted by molar-refractivity contribution is -0.150. The number of hydrogen-bond donors (Lipinski definition) is 2. The molecule has 0 aliphatic carbocycles. The number of nitrogens with two attached hydrogens (primary N) is 1. The van der Waals surface area contributed by atoms with Crippen LogP contribution in [0.3, 0.4) is 0 Å². The Bertz CT molecular complexity index is 204. The topological polar surface area (TPSA) is 72.6 Å². The molecule has 0 aromatic carbocycles. The maximum Gasteiger partial charge on any atom is 0.323 e. The van der Waals surface area contributed by atoms with Crippen molar-refractivity contribution in [3.8, 4) is 0 Å². The molecule has 2 saturated heterocycles. The first-order valence-corrected chi connectivity index (χ1v) is 4.28. The van der Waals surface area contributed by atoms with Crippen LogP contribution in [0.15, 0.2) is 0 Å². The third kappa shape index (κ3) is 1.11. The Morgan fingerprint density at radius 3 is 2.33 bits per heavy atom. The van der Waals surface area contributed by atoms with Crippen LogP contribution < -0.4 is 5.73 Å². The highest BCUT2D eigenvalue weighted by molar-refractivity contribution is 5.78. The SMILES string of the molecule is NC1(C(=O)O)CC2CCC(C1)O2. The molecular weight excluding hydrogens is 158 g/mol. The summed E-state index contributed by atoms with van der Waals surface area (Å²) in [6.07, 6.45) is 3.06. The molecule has 2 heterocycles. The molecule has 4 heteroatoms. The molecular formula is C8H13NO3. The number of hydrogen-bond acceptors (Lipinski definition) is 3. The molecule has 0 spiro atoms. The van der Waals surface area contributed by atoms with Gasteiger partial charge in [-0.3, -0.25) is 4.79 Å². The van der Waals surface area contributed by atoms with E-state index in [1.54, 1.807) is 0 Å². The van der Waals surface area contributed by atoms with E-state index >= 15 is 0 Å². The Morgan fingerprint density at radius 2 is 1.92 bits per heavy atom. The first-order chi connectivity index (χ1) is 5.60. The first kappa shape index (κ1) is 8.01. The smallest absolute Gasteiger partial charge is 0.323 e. The van der Waals surface area contributed by atoms with Crippen LogP contribution in [0.1, 0.15) is 25.7 Å². The highest BCUT2D eigenvalue weighted by Gasteiger charge is 2.47. The van der Waals surface area contributed by atoms with E-state index in [0.29, 0.717) is 12.8 Å². The summed E-state index contributed by atoms with van der Waals surface area (Å²) < 4.78 is 5.50. The highest BCUT2D eigenvalue weighted by Crippen LogP contribution is 2.36. The van der Waals surface area contributed by atoms with Gasteiger partial charge in [-0.1, -0.05) is 0 Å². The zero-order valence-corrected chi connectivity index (χ0v) is 6.82. The molecule has 2 rings (SSSR count). The van der Waals surface area contributed by atoms with Crippen LogP contribution in [-0.4, -0.2) is 28.8 Å². The average Bonchev–Trinajstić information content (AvgIpc) is 2.30. The van der Waals surface area contributed by atoms with Crippen molar-refractivity contribution in [3.63, 3.8) is 0 Å². The molecule has 0 aromatic rings. The zero-order valence-electron chi connectivity index (χ0n) is 6.82. The Labute approximate surface area is 70.7 Å². The van der Waals surface area contributed by atoms with E-state index in [1.807, 2.05) is 0 Å². The number of aliphatic carboxylic acids is 1. The summed E-state index contributed by atoms with van der Waals surface area (Å²) in [4.78, 5) is 10.8. The van der Waals surface area contributed by atoms with Gasteiger partial charge >= 0.3 is 5.97 Å². The largest absolute Gasteiger partial charge is 0.480 e. The minimum Gasteiger partial charge on any atom is -0.480 e. The van der Waals surface area contributed by atoms with Crippen molar-refractivity contribution in [1.82, 2.24) is 0 Å². The van der Waals surface area contributed by atoms with Crippen LogP contribution in [0.4, 0.5) is 0 Å². The number of fused-ring (bicyclic) bond motifs is 2. The molecule has 2 aliphatic rings. The van der Waals surface area contributed by atoms with Crippen LogP contribution in [0.5, 0.6) is 0 Å². The summed E-state index contributed by atoms with van der Waals surface area (Å²) >= 11 is 0. The van der Waals surface area contributed by atoms with E-state index in [1.165, 1.54) is 0 Å². The van der Waals surface area contributed by atoms with Gasteiger partial charge in [-0.25, -0.2) is 0 Å². The second-order valence-corrected chi connectivity index (χ2v) is 3.83. The molecule has 2 unspecified atom stereocenters. The van der Waals surface area contributed by atoms with Gasteiger partial charge in [0.15, 0.2) is 0 Å². The molecule has 68 valence electrons. The number of ether oxygens (including phenoxy) is 1. The molecule has 2 aliphatic heterocycles. The van der Waals surface area contributed by atoms with Gasteiger partial charge in [0.25, 0.3) is 0 Å². The molecule has 0 aromatic heterocycles. The zero-order chi connectivity index (χ0) is 8.77. The minimum absolute atomic E-state index is 0.0878. The predicted molar refractivity (Wildman–Crippen MR) is 41.7 cm³/mol. The summed E-state index contributed by atoms with van der Waals surface area (Å²) in [6.45, 7) is 0. The Hall–Kier alpha value is -0.610. The highest BCUT2D eigenvalue weighted by atomic mass is 16.5. The van der Waals surface area contributed by atoms with E-state index in [0.717, 1.165) is 12.8 Å². The van der Waals surface area contributed by atoms with Gasteiger partial charge in [0.1, 0.15) is 5.54 Å². The lowest BCUT2D eigenvalue weighted by Gasteiger charge is -2.33. The Kier molecular flexibility index (Phi) is 1.63. The van der Waals surface area contributed by atoms with Gasteiger partial charge in [-0.15, -0.1) is 0 Å². The molecule has 2 fully saturated rings. The minimum atomic E-state index is -1.02. The Morgan fingerprint density at radius 1 is 1.42 bits per heavy atom. The predicted octanol–water partition coefficient (Wildman–Crippen LogP) is 0.110. The fourth-order valence-corrected chi connectivity index (χ4v) is 2.15. The lowest BCUT2D eigenvalue weighted by atomic mass is 9.88. The van der Waals surface area contributed by atoms with Gasteiger partial charge in [0.05, 0.1) is 12.2 Å². The molecule has 0 amide bonds. The van der Waals surface area contributed by atoms with Crippen LogP contribution in [-0.2, 0) is 9.53 Å². The quantitative estimate of drug-likeness (QED) is 0.587. The second kappa shape index (κ2) is 2.44. The maximum atomic E-state index is 10.8. The monoisotopic (exact) mass is 171 g/mol. The summed E-state index contributed by atoms with van der Waals surface area (Å²) in [6, 6.07) is 0. The van der Waals surface area contributed by atoms with Crippen molar-refractivity contribution in [1.29, 1.82) is 0 Å². The van der Waals surface area contributed by atoms with E-state index in [-0.39, 0.29) is 12.2 Å². The summed E-state index contributed by atoms with van der Waals surface area (Å²) in [5.74, 6) is -0.886. The third-order valence-electron chi connectivity index (χ3n) is 2.81. The number of carbonyl (C=O) groups is 1. The summed E-state index contributed by atoms with van der Waals surface area (Å²) in [5.41, 5.74) is 4.72. The molecule has 0 radical (unpaired) electrons. The summed E-state index contributed by atoms with van der Waals surface area (Å²) in [5, 5.41) is 8.88. The van der Waals surface area contributed by atoms with E-state index < -0.39 is 11.5 Å². The van der Waals surface area contributed by atoms with Crippen molar-refractivity contribution in [2.75, 3.05) is 0 Å². The normalized spacial score (nSPS) is 46.1. The van der Waals surface area contributed by atoms with Crippen molar-refractivity contribution in [2.24, 2.45) is 5.73 Å². The van der Waals surface area contributed by atoms with E-state index in [4.69, 9.17) is 15.6 Å². The molecule has 4 nitrogen and oxygen atoms in total. The Balaban J connectivity index is 2.15. The number of rotatable bonds is 1. The van der Waals surface area contributed by atoms with E-state index in [2.05, 4.69) is 0 Å². The van der Waals surface area contributed by atoms with Crippen LogP contribution in [0.25, 0.3) is 0 Å². The van der Waals surface area contributed by atoms with Crippen LogP contribution in [0, 0.1) is 0 Å². The van der Waals surface area contributed by atoms with Gasteiger partial charge in [0.2, 0.25) is 0 Å². The molecule has 0 saturated carbocycles. The number of carboxylic acid groups (broad SMARTS) is 1. The summed E-state index contributed by atoms with van der Waals surface area (Å²) in [7, 11) is 0. The van der Waals surface area contributed by atoms with E-state index in [9.17, 15) is 4.79 Å². The molecule has 2 atom stereocenters. The van der Waals surface area contributed by atoms with Gasteiger partial charge < -0.3 is 15.6 Å². The van der Waals surface area contributed by atoms with Crippen molar-refractivity contribution < 1.29 is 14.6 Å². The van der Waals surface area contributed by atoms with Crippen molar-refractivity contribution in [3.05, 3.63) is 0 Å². The van der Waals surface area contributed by atoms with Crippen molar-refractivity contribution in [2.45, 2.75) is 43.4 Å². The third-order valence-corrected chi connectivity index (χ3v) is 2.81. The van der Waals surface area contributed by atoms with Crippen molar-refractivity contribution >= 4 is 5.97 Å². The average molecular weight is 171 g/mol. The molecule has 2 bridgehead atoms. The lowest BCUT2D eigenvalue weighted by Crippen LogP contribution is -2.54. The van der Waals surface area contributed by atoms with Gasteiger partial charge in [-0.05, 0) is 12.8 Å². The standard InChI is InChI=1S/C8H13NO3/c9-8(7(10)11)3-5-1-2-6(4-8)12-5/h5-6H,1-4,9H2,(H,10,11). The molecule has 12 heavy (non-hydrogen) atoms. The molecule has 3 N–H and O–H groups in total. The number of carboxylic acids is 1. The van der Waals surface area contributed by atoms with Gasteiger partial charge in [0, 0.05) is 12.8 Å².